The molecule has 0 radical (unpaired) electrons. The lowest BCUT2D eigenvalue weighted by Gasteiger charge is -2.30. The van der Waals surface area contributed by atoms with E-state index in [1.54, 1.807) is 0 Å². The summed E-state index contributed by atoms with van der Waals surface area (Å²) in [5, 5.41) is 16.8. The quantitative estimate of drug-likeness (QED) is 0.312. The average Bonchev–Trinajstić information content (AvgIpc) is 2.69. The lowest BCUT2D eigenvalue weighted by Crippen LogP contribution is -2.41. The van der Waals surface area contributed by atoms with E-state index in [9.17, 15) is 22.8 Å². The highest BCUT2D eigenvalue weighted by molar-refractivity contribution is 6.31. The number of rotatable bonds is 7. The Morgan fingerprint density at radius 2 is 1.74 bits per heavy atom. The van der Waals surface area contributed by atoms with Crippen molar-refractivity contribution in [1.82, 2.24) is 5.39 Å². The highest BCUT2D eigenvalue weighted by Crippen LogP contribution is 2.42. The first-order chi connectivity index (χ1) is 15.4. The van der Waals surface area contributed by atoms with Gasteiger partial charge in [0, 0.05) is 10.6 Å². The molecule has 0 saturated heterocycles. The fourth-order valence-corrected chi connectivity index (χ4v) is 3.35. The van der Waals surface area contributed by atoms with Crippen molar-refractivity contribution in [2.75, 3.05) is 13.4 Å². The van der Waals surface area contributed by atoms with Gasteiger partial charge in [-0.25, -0.2) is 9.63 Å². The van der Waals surface area contributed by atoms with Gasteiger partial charge in [0.2, 0.25) is 12.9 Å². The first-order valence-electron chi connectivity index (χ1n) is 9.87. The molecule has 1 heterocycles. The van der Waals surface area contributed by atoms with Crippen LogP contribution in [-0.4, -0.2) is 53.4 Å². The van der Waals surface area contributed by atoms with Gasteiger partial charge < -0.3 is 14.2 Å². The first-order valence-corrected chi connectivity index (χ1v) is 10.3. The Kier molecular flexibility index (Phi) is 8.26. The van der Waals surface area contributed by atoms with Crippen LogP contribution in [0.5, 0.6) is 5.75 Å². The molecule has 34 heavy (non-hydrogen) atoms. The smallest absolute Gasteiger partial charge is 0.430 e. The monoisotopic (exact) mass is 511 g/mol. The maximum atomic E-state index is 13.7. The minimum Gasteiger partial charge on any atom is -0.475 e. The van der Waals surface area contributed by atoms with Crippen molar-refractivity contribution >= 4 is 29.6 Å². The summed E-state index contributed by atoms with van der Waals surface area (Å²) in [6.45, 7) is 6.64. The van der Waals surface area contributed by atoms with E-state index in [1.807, 2.05) is 20.8 Å². The summed E-state index contributed by atoms with van der Waals surface area (Å²) >= 11 is 6.28. The van der Waals surface area contributed by atoms with Gasteiger partial charge in [-0.05, 0) is 43.0 Å². The van der Waals surface area contributed by atoms with E-state index >= 15 is 0 Å². The Labute approximate surface area is 198 Å². The predicted octanol–water partition coefficient (Wildman–Crippen LogP) is 4.43. The summed E-state index contributed by atoms with van der Waals surface area (Å²) < 4.78 is 55.6. The summed E-state index contributed by atoms with van der Waals surface area (Å²) in [4.78, 5) is 28.8. The Bertz CT molecular complexity index is 970. The highest BCUT2D eigenvalue weighted by atomic mass is 35.5. The number of carbonyl (C=O) groups excluding carboxylic acids is 2. The van der Waals surface area contributed by atoms with E-state index in [0.717, 1.165) is 6.08 Å². The van der Waals surface area contributed by atoms with E-state index in [2.05, 4.69) is 4.84 Å². The van der Waals surface area contributed by atoms with Crippen LogP contribution in [0.3, 0.4) is 0 Å². The van der Waals surface area contributed by atoms with E-state index in [-0.39, 0.29) is 16.3 Å². The summed E-state index contributed by atoms with van der Waals surface area (Å²) in [6, 6.07) is 2.80. The van der Waals surface area contributed by atoms with Gasteiger partial charge in [-0.15, -0.1) is 0 Å². The molecule has 0 saturated carbocycles. The van der Waals surface area contributed by atoms with Gasteiger partial charge in [0.1, 0.15) is 5.75 Å². The van der Waals surface area contributed by atoms with Gasteiger partial charge in [-0.2, -0.15) is 13.2 Å². The molecule has 0 bridgehead atoms. The van der Waals surface area contributed by atoms with Crippen LogP contribution in [0.4, 0.5) is 13.2 Å². The third-order valence-electron chi connectivity index (χ3n) is 4.75. The second kappa shape index (κ2) is 10.1. The fraction of sp³-hybridized carbons (Fsp3) is 0.524. The topological polar surface area (TPSA) is 115 Å². The van der Waals surface area contributed by atoms with Gasteiger partial charge in [-0.3, -0.25) is 15.2 Å². The number of esters is 2. The van der Waals surface area contributed by atoms with Crippen LogP contribution in [0.25, 0.3) is 6.08 Å². The predicted molar refractivity (Wildman–Crippen MR) is 111 cm³/mol. The SMILES string of the molecule is CC(C)(CON(O)O)C(=O)OCOC(=O)C1=Cc2cc(Cl)c(C(C)(C)C)cc2O[C@@H]1C(F)(F)F. The summed E-state index contributed by atoms with van der Waals surface area (Å²) in [5.74, 6) is -2.49. The van der Waals surface area contributed by atoms with Gasteiger partial charge in [0.25, 0.3) is 0 Å². The van der Waals surface area contributed by atoms with Gasteiger partial charge in [0.05, 0.1) is 23.0 Å². The maximum absolute atomic E-state index is 13.7. The summed E-state index contributed by atoms with van der Waals surface area (Å²) in [7, 11) is 0. The average molecular weight is 512 g/mol. The third kappa shape index (κ3) is 6.83. The molecule has 0 aromatic heterocycles. The van der Waals surface area contributed by atoms with Gasteiger partial charge in [0.15, 0.2) is 0 Å². The Morgan fingerprint density at radius 1 is 1.12 bits per heavy atom. The molecule has 0 amide bonds. The minimum atomic E-state index is -4.94. The van der Waals surface area contributed by atoms with E-state index < -0.39 is 59.4 Å². The lowest BCUT2D eigenvalue weighted by atomic mass is 9.85. The molecule has 9 nitrogen and oxygen atoms in total. The van der Waals surface area contributed by atoms with E-state index in [1.165, 1.54) is 26.0 Å². The zero-order valence-corrected chi connectivity index (χ0v) is 19.8. The van der Waals surface area contributed by atoms with Crippen molar-refractivity contribution in [3.63, 3.8) is 0 Å². The molecule has 1 aliphatic heterocycles. The number of carbonyl (C=O) groups is 2. The molecule has 1 atom stereocenters. The fourth-order valence-electron chi connectivity index (χ4n) is 2.89. The van der Waals surface area contributed by atoms with Crippen LogP contribution in [0.2, 0.25) is 5.02 Å². The Morgan fingerprint density at radius 3 is 2.26 bits per heavy atom. The van der Waals surface area contributed by atoms with Crippen LogP contribution in [0.15, 0.2) is 17.7 Å². The van der Waals surface area contributed by atoms with Crippen LogP contribution in [-0.2, 0) is 29.3 Å². The van der Waals surface area contributed by atoms with Crippen LogP contribution in [0, 0.1) is 5.41 Å². The van der Waals surface area contributed by atoms with Crippen LogP contribution < -0.4 is 4.74 Å². The van der Waals surface area contributed by atoms with E-state index in [4.69, 9.17) is 36.2 Å². The number of hydrogen-bond acceptors (Lipinski definition) is 9. The molecule has 1 aliphatic rings. The van der Waals surface area contributed by atoms with Crippen molar-refractivity contribution in [2.45, 2.75) is 52.3 Å². The number of halogens is 4. The molecule has 0 spiro atoms. The molecule has 190 valence electrons. The second-order valence-electron chi connectivity index (χ2n) is 9.15. The van der Waals surface area contributed by atoms with Crippen molar-refractivity contribution in [1.29, 1.82) is 0 Å². The first kappa shape index (κ1) is 27.9. The largest absolute Gasteiger partial charge is 0.475 e. The van der Waals surface area contributed by atoms with Gasteiger partial charge in [-0.1, -0.05) is 32.4 Å². The number of benzene rings is 1. The molecule has 13 heteroatoms. The molecular formula is C21H25ClF3NO8. The molecule has 2 rings (SSSR count). The molecule has 0 fully saturated rings. The number of fused-ring (bicyclic) bond motifs is 1. The number of ether oxygens (including phenoxy) is 3. The second-order valence-corrected chi connectivity index (χ2v) is 9.56. The molecule has 0 unspecified atom stereocenters. The number of alkyl halides is 3. The number of hydrogen-bond donors (Lipinski definition) is 2. The normalized spacial score (nSPS) is 16.5. The standard InChI is InChI=1S/C21H25ClF3NO8/c1-19(2,3)13-8-15-11(7-14(13)22)6-12(16(34-15)21(23,24)25)17(27)31-10-32-18(28)20(4,5)9-33-26(29)30/h6-8,16,29-30H,9-10H2,1-5H3/t16-/m0/s1. The third-order valence-corrected chi connectivity index (χ3v) is 5.06. The molecule has 1 aromatic rings. The summed E-state index contributed by atoms with van der Waals surface area (Å²) in [5.41, 5.74) is -2.01. The van der Waals surface area contributed by atoms with E-state index in [0.29, 0.717) is 5.56 Å². The minimum absolute atomic E-state index is 0.0943. The van der Waals surface area contributed by atoms with Crippen molar-refractivity contribution < 1.29 is 52.2 Å². The molecular weight excluding hydrogens is 487 g/mol. The van der Waals surface area contributed by atoms with Crippen LogP contribution in [0.1, 0.15) is 45.7 Å². The van der Waals surface area contributed by atoms with Gasteiger partial charge >= 0.3 is 18.1 Å². The summed E-state index contributed by atoms with van der Waals surface area (Å²) in [6.07, 6.45) is -6.59. The molecule has 1 aromatic carbocycles. The van der Waals surface area contributed by atoms with Crippen molar-refractivity contribution in [3.05, 3.63) is 33.9 Å². The highest BCUT2D eigenvalue weighted by Gasteiger charge is 2.49. The molecule has 0 aliphatic carbocycles. The zero-order valence-electron chi connectivity index (χ0n) is 19.0. The zero-order chi connectivity index (χ0) is 26.1. The van der Waals surface area contributed by atoms with Crippen molar-refractivity contribution in [2.24, 2.45) is 5.41 Å². The lowest BCUT2D eigenvalue weighted by molar-refractivity contribution is -0.496. The molecule has 2 N–H and O–H groups in total. The maximum Gasteiger partial charge on any atom is 0.430 e. The Hall–Kier alpha value is -2.38. The number of nitrogens with zero attached hydrogens (tertiary/aromatic N) is 1. The van der Waals surface area contributed by atoms with Crippen molar-refractivity contribution in [3.8, 4) is 5.75 Å². The Balaban J connectivity index is 2.21. The van der Waals surface area contributed by atoms with Crippen LogP contribution >= 0.6 is 11.6 Å².